The molecule has 0 bridgehead atoms. The highest BCUT2D eigenvalue weighted by atomic mass is 19.0. The molecule has 3 nitrogen and oxygen atoms in total. The molecule has 0 unspecified atom stereocenters. The maximum atomic E-state index is 4.35. The molecule has 0 saturated carbocycles. The second kappa shape index (κ2) is 3.98. The Morgan fingerprint density at radius 2 is 1.57 bits per heavy atom. The van der Waals surface area contributed by atoms with E-state index in [4.69, 9.17) is 0 Å². The monoisotopic (exact) mass is 110 g/mol. The normalized spacial score (nSPS) is 20.6. The second-order valence-electron chi connectivity index (χ2n) is 1.07. The van der Waals surface area contributed by atoms with Crippen molar-refractivity contribution in [3.63, 3.8) is 0 Å². The molecule has 1 heterocycles. The Morgan fingerprint density at radius 1 is 1.00 bits per heavy atom. The highest BCUT2D eigenvalue weighted by molar-refractivity contribution is 4.28. The van der Waals surface area contributed by atoms with Gasteiger partial charge in [0.15, 0.2) is 0 Å². The number of hydrogen-bond acceptors (Lipinski definition) is 3. The molecule has 0 spiro atoms. The lowest BCUT2D eigenvalue weighted by molar-refractivity contribution is -0.532. The molecule has 0 aromatic rings. The summed E-state index contributed by atoms with van der Waals surface area (Å²) in [6.07, 6.45) is 0.931. The highest BCUT2D eigenvalue weighted by Crippen LogP contribution is 1.93. The van der Waals surface area contributed by atoms with Gasteiger partial charge in [0.2, 0.25) is 0 Å². The molecule has 0 N–H and O–H groups in total. The van der Waals surface area contributed by atoms with Crippen LogP contribution in [0.25, 0.3) is 0 Å². The number of halogens is 1. The lowest BCUT2D eigenvalue weighted by atomic mass is 10.5. The average molecular weight is 110 g/mol. The molecule has 1 rings (SSSR count). The molecule has 7 heavy (non-hydrogen) atoms. The van der Waals surface area contributed by atoms with Gasteiger partial charge in [-0.1, -0.05) is 5.04 Å². The Bertz CT molecular complexity index is 25.7. The summed E-state index contributed by atoms with van der Waals surface area (Å²) in [4.78, 5) is 8.69. The quantitative estimate of drug-likeness (QED) is 0.423. The van der Waals surface area contributed by atoms with Gasteiger partial charge in [0.05, 0.1) is 13.2 Å². The lowest BCUT2D eigenvalue weighted by Crippen LogP contribution is -2.08. The first-order valence-corrected chi connectivity index (χ1v) is 1.91. The van der Waals surface area contributed by atoms with Crippen LogP contribution in [0.15, 0.2) is 0 Å². The van der Waals surface area contributed by atoms with Crippen LogP contribution in [0.2, 0.25) is 0 Å². The van der Waals surface area contributed by atoms with E-state index < -0.39 is 0 Å². The summed E-state index contributed by atoms with van der Waals surface area (Å²) in [5.74, 6) is 0. The molecule has 44 valence electrons. The summed E-state index contributed by atoms with van der Waals surface area (Å²) in [5, 5.41) is 4.07. The predicted molar refractivity (Wildman–Crippen MR) is 20.1 cm³/mol. The Labute approximate surface area is 40.4 Å². The van der Waals surface area contributed by atoms with E-state index in [0.717, 1.165) is 6.42 Å². The molecule has 0 radical (unpaired) electrons. The fourth-order valence-electron chi connectivity index (χ4n) is 0.279. The zero-order valence-electron chi connectivity index (χ0n) is 3.75. The summed E-state index contributed by atoms with van der Waals surface area (Å²) in [7, 11) is 0. The van der Waals surface area contributed by atoms with Gasteiger partial charge < -0.3 is 0 Å². The van der Waals surface area contributed by atoms with Crippen molar-refractivity contribution >= 4 is 0 Å². The maximum absolute atomic E-state index is 4.35. The van der Waals surface area contributed by atoms with Crippen molar-refractivity contribution in [2.45, 2.75) is 6.42 Å². The van der Waals surface area contributed by atoms with Crippen molar-refractivity contribution in [3.8, 4) is 0 Å². The summed E-state index contributed by atoms with van der Waals surface area (Å²) in [5.41, 5.74) is 0. The van der Waals surface area contributed by atoms with E-state index in [2.05, 4.69) is 14.8 Å². The Kier molecular flexibility index (Phi) is 3.87. The minimum Gasteiger partial charge on any atom is -0.269 e. The Morgan fingerprint density at radius 3 is 1.71 bits per heavy atom. The zero-order valence-corrected chi connectivity index (χ0v) is 3.75. The minimum absolute atomic E-state index is 0. The van der Waals surface area contributed by atoms with Crippen LogP contribution in [-0.2, 0) is 14.8 Å². The highest BCUT2D eigenvalue weighted by Gasteiger charge is 1.96. The van der Waals surface area contributed by atoms with Crippen molar-refractivity contribution in [3.05, 3.63) is 0 Å². The standard InChI is InChI=1S/C3H6O3.FH/c1-2-4-6-5-3-1;/h1-3H2;1H. The van der Waals surface area contributed by atoms with E-state index >= 15 is 0 Å². The van der Waals surface area contributed by atoms with Crippen molar-refractivity contribution < 1.29 is 19.5 Å². The van der Waals surface area contributed by atoms with Crippen LogP contribution in [0.4, 0.5) is 4.70 Å². The van der Waals surface area contributed by atoms with Gasteiger partial charge in [-0.3, -0.25) is 4.70 Å². The lowest BCUT2D eigenvalue weighted by Gasteiger charge is -2.06. The molecule has 0 aromatic heterocycles. The average Bonchev–Trinajstić information content (AvgIpc) is 1.72. The van der Waals surface area contributed by atoms with Crippen LogP contribution in [-0.4, -0.2) is 13.2 Å². The Balaban J connectivity index is 0.000000360. The van der Waals surface area contributed by atoms with Gasteiger partial charge >= 0.3 is 0 Å². The third-order valence-electron chi connectivity index (χ3n) is 0.552. The summed E-state index contributed by atoms with van der Waals surface area (Å²) >= 11 is 0. The van der Waals surface area contributed by atoms with Gasteiger partial charge in [0, 0.05) is 6.42 Å². The molecule has 4 heteroatoms. The molecule has 0 aliphatic carbocycles. The molecule has 0 atom stereocenters. The van der Waals surface area contributed by atoms with Crippen molar-refractivity contribution in [2.24, 2.45) is 0 Å². The maximum Gasteiger partial charge on any atom is 0.0877 e. The first kappa shape index (κ1) is 6.81. The minimum atomic E-state index is 0. The van der Waals surface area contributed by atoms with Crippen LogP contribution in [0, 0.1) is 0 Å². The van der Waals surface area contributed by atoms with Gasteiger partial charge in [-0.05, 0) is 0 Å². The zero-order chi connectivity index (χ0) is 4.24. The van der Waals surface area contributed by atoms with E-state index in [0.29, 0.717) is 13.2 Å². The smallest absolute Gasteiger partial charge is 0.0877 e. The summed E-state index contributed by atoms with van der Waals surface area (Å²) < 4.78 is 0. The van der Waals surface area contributed by atoms with Crippen LogP contribution in [0.5, 0.6) is 0 Å². The van der Waals surface area contributed by atoms with E-state index in [1.54, 1.807) is 0 Å². The first-order valence-electron chi connectivity index (χ1n) is 1.91. The number of hydrogen-bond donors (Lipinski definition) is 0. The van der Waals surface area contributed by atoms with Gasteiger partial charge in [-0.15, -0.1) is 0 Å². The fourth-order valence-corrected chi connectivity index (χ4v) is 0.279. The second-order valence-corrected chi connectivity index (χ2v) is 1.07. The van der Waals surface area contributed by atoms with E-state index in [1.807, 2.05) is 0 Å². The third-order valence-corrected chi connectivity index (χ3v) is 0.552. The van der Waals surface area contributed by atoms with E-state index in [-0.39, 0.29) is 4.70 Å². The fraction of sp³-hybridized carbons (Fsp3) is 1.00. The van der Waals surface area contributed by atoms with Gasteiger partial charge in [0.25, 0.3) is 0 Å². The van der Waals surface area contributed by atoms with Gasteiger partial charge in [0.1, 0.15) is 0 Å². The molecule has 1 aliphatic heterocycles. The Hall–Kier alpha value is -0.190. The van der Waals surface area contributed by atoms with Crippen LogP contribution < -0.4 is 0 Å². The predicted octanol–water partition coefficient (Wildman–Crippen LogP) is 0.422. The number of rotatable bonds is 0. The molecule has 0 aromatic carbocycles. The molecule has 0 amide bonds. The van der Waals surface area contributed by atoms with Crippen molar-refractivity contribution in [1.29, 1.82) is 0 Å². The van der Waals surface area contributed by atoms with Gasteiger partial charge in [-0.25, -0.2) is 9.78 Å². The summed E-state index contributed by atoms with van der Waals surface area (Å²) in [6, 6.07) is 0. The van der Waals surface area contributed by atoms with E-state index in [9.17, 15) is 0 Å². The summed E-state index contributed by atoms with van der Waals surface area (Å²) in [6.45, 7) is 1.31. The molecule has 1 saturated heterocycles. The van der Waals surface area contributed by atoms with Crippen LogP contribution in [0.1, 0.15) is 6.42 Å². The SMILES string of the molecule is C1COOOC1.F. The topological polar surface area (TPSA) is 27.7 Å². The first-order chi connectivity index (χ1) is 3.00. The van der Waals surface area contributed by atoms with Crippen molar-refractivity contribution in [2.75, 3.05) is 13.2 Å². The van der Waals surface area contributed by atoms with E-state index in [1.165, 1.54) is 0 Å². The van der Waals surface area contributed by atoms with Crippen molar-refractivity contribution in [1.82, 2.24) is 0 Å². The molecular weight excluding hydrogens is 103 g/mol. The third kappa shape index (κ3) is 2.50. The van der Waals surface area contributed by atoms with Crippen LogP contribution in [0.3, 0.4) is 0 Å². The molecule has 1 aliphatic rings. The largest absolute Gasteiger partial charge is 0.269 e. The molecule has 1 fully saturated rings. The van der Waals surface area contributed by atoms with Crippen LogP contribution >= 0.6 is 0 Å². The molecular formula is C3H7FO3. The van der Waals surface area contributed by atoms with Gasteiger partial charge in [-0.2, -0.15) is 0 Å².